The Morgan fingerprint density at radius 3 is 2.83 bits per heavy atom. The van der Waals surface area contributed by atoms with Crippen LogP contribution in [0.2, 0.25) is 0 Å². The Balaban J connectivity index is 1.86. The van der Waals surface area contributed by atoms with E-state index in [1.807, 2.05) is 12.5 Å². The first-order chi connectivity index (χ1) is 5.95. The third kappa shape index (κ3) is 1.84. The predicted octanol–water partition coefficient (Wildman–Crippen LogP) is 0.173. The molecule has 2 heterocycles. The molecule has 0 bridgehead atoms. The van der Waals surface area contributed by atoms with Gasteiger partial charge in [-0.15, -0.1) is 0 Å². The maximum absolute atomic E-state index is 5.25. The van der Waals surface area contributed by atoms with Crippen molar-refractivity contribution in [3.05, 3.63) is 18.7 Å². The second-order valence-corrected chi connectivity index (χ2v) is 2.95. The average molecular weight is 167 g/mol. The molecule has 1 aliphatic rings. The smallest absolute Gasteiger partial charge is 0.0956 e. The van der Waals surface area contributed by atoms with Gasteiger partial charge in [0, 0.05) is 25.5 Å². The van der Waals surface area contributed by atoms with E-state index >= 15 is 0 Å². The molecule has 0 aromatic carbocycles. The van der Waals surface area contributed by atoms with Gasteiger partial charge in [0.25, 0.3) is 0 Å². The molecule has 0 aliphatic carbocycles. The Kier molecular flexibility index (Phi) is 2.39. The van der Waals surface area contributed by atoms with Gasteiger partial charge >= 0.3 is 0 Å². The minimum Gasteiger partial charge on any atom is -0.379 e. The number of hydrogen-bond acceptors (Lipinski definition) is 3. The molecule has 0 atom stereocenters. The van der Waals surface area contributed by atoms with Gasteiger partial charge in [0.1, 0.15) is 0 Å². The van der Waals surface area contributed by atoms with E-state index in [4.69, 9.17) is 4.74 Å². The molecule has 0 spiro atoms. The van der Waals surface area contributed by atoms with Crippen LogP contribution < -0.4 is 0 Å². The molecule has 0 N–H and O–H groups in total. The first-order valence-electron chi connectivity index (χ1n) is 4.21. The molecule has 4 heteroatoms. The van der Waals surface area contributed by atoms with Crippen LogP contribution in [0.15, 0.2) is 18.7 Å². The highest BCUT2D eigenvalue weighted by Gasteiger charge is 2.09. The Bertz CT molecular complexity index is 216. The van der Waals surface area contributed by atoms with E-state index in [9.17, 15) is 0 Å². The fraction of sp³-hybridized carbons (Fsp3) is 0.625. The molecule has 0 unspecified atom stereocenters. The van der Waals surface area contributed by atoms with Crippen LogP contribution >= 0.6 is 0 Å². The first kappa shape index (κ1) is 7.76. The Morgan fingerprint density at radius 1 is 1.33 bits per heavy atom. The Hall–Kier alpha value is -0.870. The largest absolute Gasteiger partial charge is 0.379 e. The zero-order valence-electron chi connectivity index (χ0n) is 7.02. The Labute approximate surface area is 71.8 Å². The minimum absolute atomic E-state index is 0.856. The number of imidazole rings is 1. The molecule has 1 fully saturated rings. The SMILES string of the molecule is c1cn(CN2CCOCC2)cn1. The summed E-state index contributed by atoms with van der Waals surface area (Å²) in [6.45, 7) is 4.70. The van der Waals surface area contributed by atoms with Crippen molar-refractivity contribution >= 4 is 0 Å². The van der Waals surface area contributed by atoms with Gasteiger partial charge in [-0.1, -0.05) is 0 Å². The normalized spacial score (nSPS) is 19.7. The molecular weight excluding hydrogens is 154 g/mol. The monoisotopic (exact) mass is 167 g/mol. The molecule has 1 saturated heterocycles. The third-order valence-electron chi connectivity index (χ3n) is 2.03. The lowest BCUT2D eigenvalue weighted by atomic mass is 10.4. The first-order valence-corrected chi connectivity index (χ1v) is 4.21. The van der Waals surface area contributed by atoms with Crippen LogP contribution in [0.3, 0.4) is 0 Å². The van der Waals surface area contributed by atoms with Crippen LogP contribution in [0, 0.1) is 0 Å². The highest BCUT2D eigenvalue weighted by Crippen LogP contribution is 1.98. The highest BCUT2D eigenvalue weighted by atomic mass is 16.5. The summed E-state index contributed by atoms with van der Waals surface area (Å²) in [6.07, 6.45) is 5.63. The summed E-state index contributed by atoms with van der Waals surface area (Å²) in [6, 6.07) is 0. The number of morpholine rings is 1. The van der Waals surface area contributed by atoms with Gasteiger partial charge in [-0.25, -0.2) is 4.98 Å². The summed E-state index contributed by atoms with van der Waals surface area (Å²) in [7, 11) is 0. The van der Waals surface area contributed by atoms with Crippen molar-refractivity contribution in [1.29, 1.82) is 0 Å². The van der Waals surface area contributed by atoms with Crippen molar-refractivity contribution in [3.63, 3.8) is 0 Å². The standard InChI is InChI=1S/C8H13N3O/c1-2-11(7-9-1)8-10-3-5-12-6-4-10/h1-2,7H,3-6,8H2. The number of rotatable bonds is 2. The van der Waals surface area contributed by atoms with E-state index in [1.165, 1.54) is 0 Å². The molecular formula is C8H13N3O. The van der Waals surface area contributed by atoms with Gasteiger partial charge in [0.05, 0.1) is 26.2 Å². The van der Waals surface area contributed by atoms with Gasteiger partial charge in [-0.05, 0) is 0 Å². The number of aromatic nitrogens is 2. The van der Waals surface area contributed by atoms with Crippen molar-refractivity contribution < 1.29 is 4.74 Å². The second kappa shape index (κ2) is 3.69. The topological polar surface area (TPSA) is 30.3 Å². The quantitative estimate of drug-likeness (QED) is 0.629. The molecule has 12 heavy (non-hydrogen) atoms. The third-order valence-corrected chi connectivity index (χ3v) is 2.03. The van der Waals surface area contributed by atoms with Crippen LogP contribution in [0.4, 0.5) is 0 Å². The van der Waals surface area contributed by atoms with E-state index in [0.717, 1.165) is 33.0 Å². The lowest BCUT2D eigenvalue weighted by Crippen LogP contribution is -2.37. The summed E-state index contributed by atoms with van der Waals surface area (Å²) >= 11 is 0. The maximum atomic E-state index is 5.25. The van der Waals surface area contributed by atoms with Crippen LogP contribution in [0.25, 0.3) is 0 Å². The fourth-order valence-electron chi connectivity index (χ4n) is 1.34. The number of hydrogen-bond donors (Lipinski definition) is 0. The second-order valence-electron chi connectivity index (χ2n) is 2.95. The summed E-state index contributed by atoms with van der Waals surface area (Å²) in [5, 5.41) is 0. The van der Waals surface area contributed by atoms with Crippen LogP contribution in [-0.2, 0) is 11.4 Å². The van der Waals surface area contributed by atoms with Gasteiger partial charge < -0.3 is 9.30 Å². The average Bonchev–Trinajstić information content (AvgIpc) is 2.59. The molecule has 0 radical (unpaired) electrons. The van der Waals surface area contributed by atoms with Crippen LogP contribution in [0.5, 0.6) is 0 Å². The van der Waals surface area contributed by atoms with Gasteiger partial charge in [0.15, 0.2) is 0 Å². The zero-order valence-corrected chi connectivity index (χ0v) is 7.02. The number of ether oxygens (including phenoxy) is 1. The summed E-state index contributed by atoms with van der Waals surface area (Å²) in [5.74, 6) is 0. The van der Waals surface area contributed by atoms with E-state index in [-0.39, 0.29) is 0 Å². The van der Waals surface area contributed by atoms with Crippen LogP contribution in [-0.4, -0.2) is 40.8 Å². The molecule has 4 nitrogen and oxygen atoms in total. The molecule has 1 aromatic heterocycles. The molecule has 1 aliphatic heterocycles. The van der Waals surface area contributed by atoms with Gasteiger partial charge in [-0.2, -0.15) is 0 Å². The lowest BCUT2D eigenvalue weighted by molar-refractivity contribution is 0.0234. The molecule has 0 saturated carbocycles. The molecule has 1 aromatic rings. The zero-order chi connectivity index (χ0) is 8.23. The van der Waals surface area contributed by atoms with Gasteiger partial charge in [-0.3, -0.25) is 4.90 Å². The predicted molar refractivity (Wildman–Crippen MR) is 44.6 cm³/mol. The summed E-state index contributed by atoms with van der Waals surface area (Å²) in [5.41, 5.74) is 0. The van der Waals surface area contributed by atoms with Crippen molar-refractivity contribution in [2.75, 3.05) is 26.3 Å². The van der Waals surface area contributed by atoms with E-state index in [2.05, 4.69) is 14.5 Å². The van der Waals surface area contributed by atoms with E-state index in [0.29, 0.717) is 0 Å². The van der Waals surface area contributed by atoms with E-state index < -0.39 is 0 Å². The molecule has 0 amide bonds. The maximum Gasteiger partial charge on any atom is 0.0956 e. The fourth-order valence-corrected chi connectivity index (χ4v) is 1.34. The lowest BCUT2D eigenvalue weighted by Gasteiger charge is -2.26. The van der Waals surface area contributed by atoms with Crippen molar-refractivity contribution in [2.45, 2.75) is 6.67 Å². The molecule has 2 rings (SSSR count). The highest BCUT2D eigenvalue weighted by molar-refractivity contribution is 4.74. The summed E-state index contributed by atoms with van der Waals surface area (Å²) in [4.78, 5) is 6.35. The summed E-state index contributed by atoms with van der Waals surface area (Å²) < 4.78 is 7.33. The molecule has 66 valence electrons. The number of nitrogens with zero attached hydrogens (tertiary/aromatic N) is 3. The van der Waals surface area contributed by atoms with Crippen molar-refractivity contribution in [1.82, 2.24) is 14.5 Å². The van der Waals surface area contributed by atoms with Gasteiger partial charge in [0.2, 0.25) is 0 Å². The van der Waals surface area contributed by atoms with Crippen molar-refractivity contribution in [2.24, 2.45) is 0 Å². The Morgan fingerprint density at radius 2 is 2.17 bits per heavy atom. The van der Waals surface area contributed by atoms with Crippen LogP contribution in [0.1, 0.15) is 0 Å². The van der Waals surface area contributed by atoms with E-state index in [1.54, 1.807) is 6.20 Å². The van der Waals surface area contributed by atoms with Crippen molar-refractivity contribution in [3.8, 4) is 0 Å². The minimum atomic E-state index is 0.856.